The van der Waals surface area contributed by atoms with Gasteiger partial charge in [0.1, 0.15) is 0 Å². The number of carbonyl (C=O) groups excluding carboxylic acids is 2. The van der Waals surface area contributed by atoms with Crippen molar-refractivity contribution < 1.29 is 9.59 Å². The molecule has 1 saturated heterocycles. The summed E-state index contributed by atoms with van der Waals surface area (Å²) < 4.78 is 1.72. The number of anilines is 1. The van der Waals surface area contributed by atoms with E-state index in [1.165, 1.54) is 0 Å². The molecule has 1 aromatic heterocycles. The molecule has 0 radical (unpaired) electrons. The number of benzene rings is 1. The third kappa shape index (κ3) is 3.24. The first-order chi connectivity index (χ1) is 11.1. The normalized spacial score (nSPS) is 14.3. The number of hydrogen-bond donors (Lipinski definition) is 2. The molecule has 0 bridgehead atoms. The van der Waals surface area contributed by atoms with E-state index in [2.05, 4.69) is 15.6 Å². The number of amides is 3. The molecule has 2 N–H and O–H groups in total. The first kappa shape index (κ1) is 15.6. The van der Waals surface area contributed by atoms with Gasteiger partial charge in [-0.2, -0.15) is 0 Å². The van der Waals surface area contributed by atoms with Crippen LogP contribution >= 0.6 is 11.6 Å². The summed E-state index contributed by atoms with van der Waals surface area (Å²) in [5, 5.41) is 5.88. The van der Waals surface area contributed by atoms with Gasteiger partial charge in [0.15, 0.2) is 0 Å². The molecule has 1 fully saturated rings. The third-order valence-electron chi connectivity index (χ3n) is 3.89. The van der Waals surface area contributed by atoms with E-state index >= 15 is 0 Å². The molecule has 3 rings (SSSR count). The number of para-hydroxylation sites is 1. The zero-order chi connectivity index (χ0) is 16.4. The lowest BCUT2D eigenvalue weighted by molar-refractivity contribution is -0.115. The molecule has 2 heterocycles. The highest BCUT2D eigenvalue weighted by atomic mass is 35.5. The average Bonchev–Trinajstić information content (AvgIpc) is 3.15. The van der Waals surface area contributed by atoms with Crippen molar-refractivity contribution in [2.45, 2.75) is 12.8 Å². The van der Waals surface area contributed by atoms with E-state index in [0.29, 0.717) is 16.5 Å². The number of carbonyl (C=O) groups is 2. The van der Waals surface area contributed by atoms with Crippen molar-refractivity contribution in [1.29, 1.82) is 0 Å². The highest BCUT2D eigenvalue weighted by Gasteiger charge is 2.19. The topological polar surface area (TPSA) is 79.3 Å². The number of aryl methyl sites for hydroxylation is 1. The number of hydrogen-bond acceptors (Lipinski definition) is 3. The van der Waals surface area contributed by atoms with Crippen LogP contribution in [0, 0.1) is 0 Å². The van der Waals surface area contributed by atoms with Crippen molar-refractivity contribution in [3.05, 3.63) is 23.2 Å². The lowest BCUT2D eigenvalue weighted by atomic mass is 10.3. The Kier molecular flexibility index (Phi) is 4.38. The number of likely N-dealkylation sites (tertiary alicyclic amines) is 1. The Morgan fingerprint density at radius 1 is 1.30 bits per heavy atom. The summed E-state index contributed by atoms with van der Waals surface area (Å²) in [6.07, 6.45) is 2.03. The van der Waals surface area contributed by atoms with Crippen LogP contribution in [-0.2, 0) is 11.8 Å². The maximum atomic E-state index is 12.0. The van der Waals surface area contributed by atoms with Crippen LogP contribution in [0.4, 0.5) is 10.7 Å². The molecule has 3 amide bonds. The lowest BCUT2D eigenvalue weighted by Gasteiger charge is -2.15. The van der Waals surface area contributed by atoms with Crippen LogP contribution in [0.2, 0.25) is 5.02 Å². The second-order valence-corrected chi connectivity index (χ2v) is 5.91. The van der Waals surface area contributed by atoms with Crippen molar-refractivity contribution in [1.82, 2.24) is 19.8 Å². The van der Waals surface area contributed by atoms with Gasteiger partial charge < -0.3 is 14.8 Å². The van der Waals surface area contributed by atoms with E-state index in [1.807, 2.05) is 6.07 Å². The van der Waals surface area contributed by atoms with E-state index in [1.54, 1.807) is 28.6 Å². The van der Waals surface area contributed by atoms with Gasteiger partial charge in [0.05, 0.1) is 22.6 Å². The van der Waals surface area contributed by atoms with E-state index in [-0.39, 0.29) is 18.5 Å². The van der Waals surface area contributed by atoms with Crippen molar-refractivity contribution >= 4 is 40.5 Å². The number of imidazole rings is 1. The van der Waals surface area contributed by atoms with E-state index in [9.17, 15) is 9.59 Å². The largest absolute Gasteiger partial charge is 0.329 e. The maximum absolute atomic E-state index is 12.0. The Bertz CT molecular complexity index is 752. The first-order valence-electron chi connectivity index (χ1n) is 7.50. The number of urea groups is 1. The zero-order valence-corrected chi connectivity index (χ0v) is 13.6. The predicted molar refractivity (Wildman–Crippen MR) is 88.6 cm³/mol. The van der Waals surface area contributed by atoms with Crippen LogP contribution < -0.4 is 10.6 Å². The molecule has 122 valence electrons. The van der Waals surface area contributed by atoms with Gasteiger partial charge in [0.25, 0.3) is 0 Å². The van der Waals surface area contributed by atoms with Crippen molar-refractivity contribution in [2.24, 2.45) is 7.05 Å². The molecular weight excluding hydrogens is 318 g/mol. The molecule has 0 aliphatic carbocycles. The molecule has 1 aliphatic heterocycles. The van der Waals surface area contributed by atoms with Crippen LogP contribution in [0.3, 0.4) is 0 Å². The van der Waals surface area contributed by atoms with Gasteiger partial charge in [-0.1, -0.05) is 17.7 Å². The van der Waals surface area contributed by atoms with Gasteiger partial charge in [-0.15, -0.1) is 0 Å². The van der Waals surface area contributed by atoms with Gasteiger partial charge >= 0.3 is 6.03 Å². The number of fused-ring (bicyclic) bond motifs is 1. The Balaban J connectivity index is 1.63. The van der Waals surface area contributed by atoms with Gasteiger partial charge in [-0.05, 0) is 25.0 Å². The molecule has 0 spiro atoms. The van der Waals surface area contributed by atoms with Crippen LogP contribution in [0.1, 0.15) is 12.8 Å². The zero-order valence-electron chi connectivity index (χ0n) is 12.8. The SMILES string of the molecule is Cn1c(NC(=O)CNC(=O)N2CCCC2)nc2cccc(Cl)c21. The van der Waals surface area contributed by atoms with Crippen molar-refractivity contribution in [3.8, 4) is 0 Å². The summed E-state index contributed by atoms with van der Waals surface area (Å²) in [4.78, 5) is 29.9. The quantitative estimate of drug-likeness (QED) is 0.900. The van der Waals surface area contributed by atoms with Crippen molar-refractivity contribution in [3.63, 3.8) is 0 Å². The van der Waals surface area contributed by atoms with Crippen molar-refractivity contribution in [2.75, 3.05) is 25.0 Å². The first-order valence-corrected chi connectivity index (χ1v) is 7.87. The molecule has 1 aromatic carbocycles. The maximum Gasteiger partial charge on any atom is 0.317 e. The van der Waals surface area contributed by atoms with Crippen LogP contribution in [-0.4, -0.2) is 46.0 Å². The number of aromatic nitrogens is 2. The summed E-state index contributed by atoms with van der Waals surface area (Å²) in [5.74, 6) is 0.0700. The molecule has 7 nitrogen and oxygen atoms in total. The minimum Gasteiger partial charge on any atom is -0.329 e. The Labute approximate surface area is 138 Å². The number of nitrogens with one attached hydrogen (secondary N) is 2. The second kappa shape index (κ2) is 6.45. The van der Waals surface area contributed by atoms with Crippen LogP contribution in [0.15, 0.2) is 18.2 Å². The van der Waals surface area contributed by atoms with Gasteiger partial charge in [0, 0.05) is 20.1 Å². The highest BCUT2D eigenvalue weighted by molar-refractivity contribution is 6.35. The standard InChI is InChI=1S/C15H18ClN5O2/c1-20-13-10(16)5-4-6-11(13)18-14(20)19-12(22)9-17-15(23)21-7-2-3-8-21/h4-6H,2-3,7-9H2,1H3,(H,17,23)(H,18,19,22). The summed E-state index contributed by atoms with van der Waals surface area (Å²) >= 11 is 6.15. The fraction of sp³-hybridized carbons (Fsp3) is 0.400. The van der Waals surface area contributed by atoms with E-state index in [4.69, 9.17) is 11.6 Å². The molecule has 0 atom stereocenters. The smallest absolute Gasteiger partial charge is 0.317 e. The summed E-state index contributed by atoms with van der Waals surface area (Å²) in [7, 11) is 1.78. The molecule has 0 unspecified atom stereocenters. The molecule has 2 aromatic rings. The van der Waals surface area contributed by atoms with E-state index in [0.717, 1.165) is 31.4 Å². The Hall–Kier alpha value is -2.28. The number of rotatable bonds is 3. The third-order valence-corrected chi connectivity index (χ3v) is 4.19. The minimum atomic E-state index is -0.327. The lowest BCUT2D eigenvalue weighted by Crippen LogP contribution is -2.41. The molecule has 8 heteroatoms. The average molecular weight is 336 g/mol. The summed E-state index contributed by atoms with van der Waals surface area (Å²) in [5.41, 5.74) is 1.46. The van der Waals surface area contributed by atoms with E-state index < -0.39 is 0 Å². The van der Waals surface area contributed by atoms with Gasteiger partial charge in [0.2, 0.25) is 11.9 Å². The molecule has 23 heavy (non-hydrogen) atoms. The summed E-state index contributed by atoms with van der Waals surface area (Å²) in [6.45, 7) is 1.40. The monoisotopic (exact) mass is 335 g/mol. The van der Waals surface area contributed by atoms with Crippen LogP contribution in [0.5, 0.6) is 0 Å². The predicted octanol–water partition coefficient (Wildman–Crippen LogP) is 1.97. The fourth-order valence-electron chi connectivity index (χ4n) is 2.69. The fourth-order valence-corrected chi connectivity index (χ4v) is 2.99. The van der Waals surface area contributed by atoms with Gasteiger partial charge in [-0.25, -0.2) is 9.78 Å². The number of halogens is 1. The molecular formula is C15H18ClN5O2. The Morgan fingerprint density at radius 3 is 2.74 bits per heavy atom. The van der Waals surface area contributed by atoms with Crippen LogP contribution in [0.25, 0.3) is 11.0 Å². The molecule has 1 aliphatic rings. The second-order valence-electron chi connectivity index (χ2n) is 5.50. The molecule has 0 saturated carbocycles. The van der Waals surface area contributed by atoms with Gasteiger partial charge in [-0.3, -0.25) is 10.1 Å². The number of nitrogens with zero attached hydrogens (tertiary/aromatic N) is 3. The highest BCUT2D eigenvalue weighted by Crippen LogP contribution is 2.25. The Morgan fingerprint density at radius 2 is 2.04 bits per heavy atom. The minimum absolute atomic E-state index is 0.0910. The summed E-state index contributed by atoms with van der Waals surface area (Å²) in [6, 6.07) is 5.20.